The van der Waals surface area contributed by atoms with Crippen molar-refractivity contribution >= 4 is 11.6 Å². The smallest absolute Gasteiger partial charge is 0.237 e. The van der Waals surface area contributed by atoms with Crippen molar-refractivity contribution in [3.8, 4) is 0 Å². The molecule has 124 valence electrons. The highest BCUT2D eigenvalue weighted by Crippen LogP contribution is 2.47. The maximum Gasteiger partial charge on any atom is 0.237 e. The van der Waals surface area contributed by atoms with Gasteiger partial charge in [-0.2, -0.15) is 0 Å². The minimum Gasteiger partial charge on any atom is -0.314 e. The molecule has 1 fully saturated rings. The molecular weight excluding hydrogens is 296 g/mol. The highest BCUT2D eigenvalue weighted by atomic mass is 16.2. The van der Waals surface area contributed by atoms with Crippen LogP contribution >= 0.6 is 0 Å². The maximum absolute atomic E-state index is 12.9. The third-order valence-electron chi connectivity index (χ3n) is 5.76. The fourth-order valence-corrected chi connectivity index (χ4v) is 4.29. The lowest BCUT2D eigenvalue weighted by Gasteiger charge is -2.38. The van der Waals surface area contributed by atoms with Crippen molar-refractivity contribution in [3.63, 3.8) is 0 Å². The highest BCUT2D eigenvalue weighted by molar-refractivity contribution is 6.07. The van der Waals surface area contributed by atoms with Crippen molar-refractivity contribution < 1.29 is 4.79 Å². The van der Waals surface area contributed by atoms with Crippen molar-refractivity contribution in [2.45, 2.75) is 24.7 Å². The van der Waals surface area contributed by atoms with E-state index in [0.717, 1.165) is 44.6 Å². The fraction of sp³-hybridized carbons (Fsp3) is 0.381. The molecule has 0 aromatic heterocycles. The molecule has 2 heterocycles. The lowest BCUT2D eigenvalue weighted by Crippen LogP contribution is -2.48. The molecule has 0 saturated carbocycles. The summed E-state index contributed by atoms with van der Waals surface area (Å²) in [6.45, 7) is 3.08. The maximum atomic E-state index is 12.9. The summed E-state index contributed by atoms with van der Waals surface area (Å²) in [5, 5.41) is 0. The van der Waals surface area contributed by atoms with E-state index in [2.05, 4.69) is 53.4 Å². The van der Waals surface area contributed by atoms with Gasteiger partial charge in [0.25, 0.3) is 0 Å². The van der Waals surface area contributed by atoms with E-state index in [1.165, 1.54) is 11.1 Å². The Morgan fingerprint density at radius 2 is 1.62 bits per heavy atom. The number of likely N-dealkylation sites (tertiary alicyclic amines) is 1. The van der Waals surface area contributed by atoms with Gasteiger partial charge in [-0.05, 0) is 49.5 Å². The molecule has 2 aromatic carbocycles. The molecular formula is C21H24N2O. The Morgan fingerprint density at radius 3 is 2.38 bits per heavy atom. The molecule has 2 aromatic rings. The summed E-state index contributed by atoms with van der Waals surface area (Å²) in [5.41, 5.74) is 3.44. The zero-order chi connectivity index (χ0) is 16.6. The van der Waals surface area contributed by atoms with Crippen LogP contribution in [0.5, 0.6) is 0 Å². The molecule has 1 amide bonds. The van der Waals surface area contributed by atoms with Crippen LogP contribution in [-0.2, 0) is 16.6 Å². The van der Waals surface area contributed by atoms with E-state index < -0.39 is 0 Å². The zero-order valence-electron chi connectivity index (χ0n) is 14.2. The largest absolute Gasteiger partial charge is 0.314 e. The molecule has 0 radical (unpaired) electrons. The number of para-hydroxylation sites is 1. The molecule has 4 rings (SSSR count). The van der Waals surface area contributed by atoms with E-state index in [1.54, 1.807) is 0 Å². The number of likely N-dealkylation sites (N-methyl/N-ethyl adjacent to an activating group) is 1. The van der Waals surface area contributed by atoms with Gasteiger partial charge in [0.2, 0.25) is 5.91 Å². The summed E-state index contributed by atoms with van der Waals surface area (Å²) in [7, 11) is 1.91. The Kier molecular flexibility index (Phi) is 3.89. The minimum atomic E-state index is -0.283. The van der Waals surface area contributed by atoms with Gasteiger partial charge in [0.15, 0.2) is 0 Å². The number of hydrogen-bond donors (Lipinski definition) is 0. The van der Waals surface area contributed by atoms with Crippen LogP contribution in [0.15, 0.2) is 54.6 Å². The van der Waals surface area contributed by atoms with E-state index >= 15 is 0 Å². The molecule has 2 aliphatic heterocycles. The standard InChI is InChI=1S/C21H24N2O/c1-22-19-10-6-5-9-18(19)21(20(22)24)12-15-23(16-13-21)14-11-17-7-3-2-4-8-17/h2-10H,11-16H2,1H3. The third-order valence-corrected chi connectivity index (χ3v) is 5.76. The number of carbonyl (C=O) groups is 1. The van der Waals surface area contributed by atoms with E-state index in [-0.39, 0.29) is 11.3 Å². The average Bonchev–Trinajstić information content (AvgIpc) is 2.85. The van der Waals surface area contributed by atoms with Crippen LogP contribution in [0, 0.1) is 0 Å². The SMILES string of the molecule is CN1C(=O)C2(CCN(CCc3ccccc3)CC2)c2ccccc21. The van der Waals surface area contributed by atoms with Crippen molar-refractivity contribution in [2.24, 2.45) is 0 Å². The molecule has 2 aliphatic rings. The summed E-state index contributed by atoms with van der Waals surface area (Å²) in [6.07, 6.45) is 2.95. The Morgan fingerprint density at radius 1 is 0.958 bits per heavy atom. The average molecular weight is 320 g/mol. The second-order valence-electron chi connectivity index (χ2n) is 7.04. The number of nitrogens with zero attached hydrogens (tertiary/aromatic N) is 2. The number of carbonyl (C=O) groups excluding carboxylic acids is 1. The van der Waals surface area contributed by atoms with Crippen LogP contribution < -0.4 is 4.90 Å². The van der Waals surface area contributed by atoms with Crippen molar-refractivity contribution in [1.82, 2.24) is 4.90 Å². The van der Waals surface area contributed by atoms with Crippen molar-refractivity contribution in [1.29, 1.82) is 0 Å². The fourth-order valence-electron chi connectivity index (χ4n) is 4.29. The first kappa shape index (κ1) is 15.4. The minimum absolute atomic E-state index is 0.283. The summed E-state index contributed by atoms with van der Waals surface area (Å²) >= 11 is 0. The molecule has 3 nitrogen and oxygen atoms in total. The van der Waals surface area contributed by atoms with Gasteiger partial charge in [0, 0.05) is 19.3 Å². The van der Waals surface area contributed by atoms with Gasteiger partial charge in [-0.15, -0.1) is 0 Å². The number of rotatable bonds is 3. The zero-order valence-corrected chi connectivity index (χ0v) is 14.2. The van der Waals surface area contributed by atoms with Crippen molar-refractivity contribution in [3.05, 3.63) is 65.7 Å². The van der Waals surface area contributed by atoms with E-state index in [9.17, 15) is 4.79 Å². The number of anilines is 1. The number of piperidine rings is 1. The highest BCUT2D eigenvalue weighted by Gasteiger charge is 2.50. The number of hydrogen-bond acceptors (Lipinski definition) is 2. The van der Waals surface area contributed by atoms with Crippen LogP contribution in [-0.4, -0.2) is 37.5 Å². The Hall–Kier alpha value is -2.13. The third kappa shape index (κ3) is 2.44. The Labute approximate surface area is 143 Å². The van der Waals surface area contributed by atoms with Gasteiger partial charge < -0.3 is 9.80 Å². The summed E-state index contributed by atoms with van der Waals surface area (Å²) in [4.78, 5) is 17.3. The predicted octanol–water partition coefficient (Wildman–Crippen LogP) is 3.24. The van der Waals surface area contributed by atoms with Gasteiger partial charge in [0.05, 0.1) is 5.41 Å². The Balaban J connectivity index is 1.45. The summed E-state index contributed by atoms with van der Waals surface area (Å²) < 4.78 is 0. The molecule has 0 N–H and O–H groups in total. The molecule has 1 saturated heterocycles. The Bertz CT molecular complexity index is 733. The molecule has 3 heteroatoms. The first-order valence-electron chi connectivity index (χ1n) is 8.85. The number of benzene rings is 2. The molecule has 0 atom stereocenters. The van der Waals surface area contributed by atoms with Crippen LogP contribution in [0.3, 0.4) is 0 Å². The second-order valence-corrected chi connectivity index (χ2v) is 7.04. The van der Waals surface area contributed by atoms with Gasteiger partial charge in [-0.1, -0.05) is 48.5 Å². The number of fused-ring (bicyclic) bond motifs is 2. The van der Waals surface area contributed by atoms with Gasteiger partial charge in [0.1, 0.15) is 0 Å². The van der Waals surface area contributed by atoms with Gasteiger partial charge >= 0.3 is 0 Å². The molecule has 1 spiro atoms. The first-order chi connectivity index (χ1) is 11.7. The lowest BCUT2D eigenvalue weighted by molar-refractivity contribution is -0.124. The normalized spacial score (nSPS) is 19.7. The van der Waals surface area contributed by atoms with Crippen molar-refractivity contribution in [2.75, 3.05) is 31.6 Å². The molecule has 0 aliphatic carbocycles. The summed E-state index contributed by atoms with van der Waals surface area (Å²) in [6, 6.07) is 19.0. The van der Waals surface area contributed by atoms with Crippen LogP contribution in [0.4, 0.5) is 5.69 Å². The van der Waals surface area contributed by atoms with Crippen LogP contribution in [0.2, 0.25) is 0 Å². The molecule has 24 heavy (non-hydrogen) atoms. The van der Waals surface area contributed by atoms with Crippen LogP contribution in [0.25, 0.3) is 0 Å². The monoisotopic (exact) mass is 320 g/mol. The summed E-state index contributed by atoms with van der Waals surface area (Å²) in [5.74, 6) is 0.284. The van der Waals surface area contributed by atoms with Gasteiger partial charge in [-0.3, -0.25) is 4.79 Å². The van der Waals surface area contributed by atoms with E-state index in [0.29, 0.717) is 0 Å². The lowest BCUT2D eigenvalue weighted by atomic mass is 9.73. The topological polar surface area (TPSA) is 23.6 Å². The second kappa shape index (κ2) is 6.06. The van der Waals surface area contributed by atoms with E-state index in [4.69, 9.17) is 0 Å². The van der Waals surface area contributed by atoms with Gasteiger partial charge in [-0.25, -0.2) is 0 Å². The quantitative estimate of drug-likeness (QED) is 0.867. The molecule has 0 bridgehead atoms. The number of amides is 1. The van der Waals surface area contributed by atoms with E-state index in [1.807, 2.05) is 18.0 Å². The molecule has 0 unspecified atom stereocenters. The first-order valence-corrected chi connectivity index (χ1v) is 8.85. The van der Waals surface area contributed by atoms with Crippen LogP contribution in [0.1, 0.15) is 24.0 Å². The predicted molar refractivity (Wildman–Crippen MR) is 97.4 cm³/mol.